The SMILES string of the molecule is CCN1CCC(N(C)C2(CN)CCCSC2C)CC1. The van der Waals surface area contributed by atoms with Crippen molar-refractivity contribution in [3.8, 4) is 0 Å². The lowest BCUT2D eigenvalue weighted by molar-refractivity contribution is 0.0323. The van der Waals surface area contributed by atoms with Gasteiger partial charge in [-0.1, -0.05) is 13.8 Å². The maximum atomic E-state index is 6.22. The van der Waals surface area contributed by atoms with E-state index in [1.165, 1.54) is 51.1 Å². The van der Waals surface area contributed by atoms with E-state index in [1.54, 1.807) is 0 Å². The van der Waals surface area contributed by atoms with Gasteiger partial charge < -0.3 is 10.6 Å². The quantitative estimate of drug-likeness (QED) is 0.856. The van der Waals surface area contributed by atoms with Gasteiger partial charge in [-0.25, -0.2) is 0 Å². The number of likely N-dealkylation sites (N-methyl/N-ethyl adjacent to an activating group) is 1. The van der Waals surface area contributed by atoms with E-state index >= 15 is 0 Å². The maximum absolute atomic E-state index is 6.22. The number of piperidine rings is 1. The van der Waals surface area contributed by atoms with E-state index in [-0.39, 0.29) is 5.54 Å². The van der Waals surface area contributed by atoms with Crippen LogP contribution in [0.5, 0.6) is 0 Å². The molecule has 4 heteroatoms. The first-order valence-corrected chi connectivity index (χ1v) is 8.96. The minimum Gasteiger partial charge on any atom is -0.329 e. The van der Waals surface area contributed by atoms with E-state index < -0.39 is 0 Å². The molecular formula is C15H31N3S. The van der Waals surface area contributed by atoms with E-state index in [0.29, 0.717) is 5.25 Å². The highest BCUT2D eigenvalue weighted by molar-refractivity contribution is 8.00. The summed E-state index contributed by atoms with van der Waals surface area (Å²) in [5.41, 5.74) is 6.46. The number of thioether (sulfide) groups is 1. The van der Waals surface area contributed by atoms with E-state index in [0.717, 1.165) is 12.6 Å². The van der Waals surface area contributed by atoms with Crippen molar-refractivity contribution in [2.24, 2.45) is 5.73 Å². The average molecular weight is 286 g/mol. The summed E-state index contributed by atoms with van der Waals surface area (Å²) < 4.78 is 0. The van der Waals surface area contributed by atoms with Crippen molar-refractivity contribution in [1.29, 1.82) is 0 Å². The molecule has 0 aromatic rings. The lowest BCUT2D eigenvalue weighted by Crippen LogP contribution is -2.63. The molecule has 0 amide bonds. The molecule has 2 heterocycles. The summed E-state index contributed by atoms with van der Waals surface area (Å²) >= 11 is 2.11. The molecule has 2 atom stereocenters. The van der Waals surface area contributed by atoms with Gasteiger partial charge in [0.25, 0.3) is 0 Å². The maximum Gasteiger partial charge on any atom is 0.0447 e. The molecule has 19 heavy (non-hydrogen) atoms. The molecule has 2 saturated heterocycles. The van der Waals surface area contributed by atoms with Crippen LogP contribution in [-0.4, -0.2) is 65.6 Å². The standard InChI is InChI=1S/C15H31N3S/c1-4-18-9-6-14(7-10-18)17(3)15(12-16)8-5-11-19-13(15)2/h13-14H,4-12,16H2,1-3H3. The number of hydrogen-bond acceptors (Lipinski definition) is 4. The molecule has 0 spiro atoms. The second-order valence-corrected chi connectivity index (χ2v) is 7.65. The van der Waals surface area contributed by atoms with Crippen molar-refractivity contribution in [3.05, 3.63) is 0 Å². The molecule has 2 aliphatic rings. The van der Waals surface area contributed by atoms with Gasteiger partial charge in [-0.15, -0.1) is 0 Å². The second-order valence-electron chi connectivity index (χ2n) is 6.20. The third-order valence-electron chi connectivity index (χ3n) is 5.49. The van der Waals surface area contributed by atoms with Crippen molar-refractivity contribution in [2.75, 3.05) is 39.0 Å². The molecule has 2 rings (SSSR count). The van der Waals surface area contributed by atoms with Crippen LogP contribution in [0.2, 0.25) is 0 Å². The fourth-order valence-electron chi connectivity index (χ4n) is 3.86. The Hall–Kier alpha value is 0.230. The van der Waals surface area contributed by atoms with E-state index in [2.05, 4.69) is 42.5 Å². The van der Waals surface area contributed by atoms with Gasteiger partial charge in [-0.05, 0) is 58.1 Å². The van der Waals surface area contributed by atoms with Gasteiger partial charge >= 0.3 is 0 Å². The zero-order chi connectivity index (χ0) is 13.9. The Bertz CT molecular complexity index is 279. The normalized spacial score (nSPS) is 34.9. The van der Waals surface area contributed by atoms with Gasteiger partial charge in [0.2, 0.25) is 0 Å². The number of nitrogens with two attached hydrogens (primary N) is 1. The van der Waals surface area contributed by atoms with Crippen LogP contribution in [0.25, 0.3) is 0 Å². The molecule has 0 aliphatic carbocycles. The monoisotopic (exact) mass is 285 g/mol. The van der Waals surface area contributed by atoms with Gasteiger partial charge in [0, 0.05) is 23.4 Å². The number of likely N-dealkylation sites (tertiary alicyclic amines) is 1. The molecule has 2 unspecified atom stereocenters. The summed E-state index contributed by atoms with van der Waals surface area (Å²) in [5, 5.41) is 0.667. The van der Waals surface area contributed by atoms with Crippen molar-refractivity contribution in [3.63, 3.8) is 0 Å². The van der Waals surface area contributed by atoms with Gasteiger partial charge in [0.1, 0.15) is 0 Å². The van der Waals surface area contributed by atoms with E-state index in [4.69, 9.17) is 5.73 Å². The Morgan fingerprint density at radius 1 is 1.37 bits per heavy atom. The van der Waals surface area contributed by atoms with Crippen LogP contribution < -0.4 is 5.73 Å². The number of nitrogens with zero attached hydrogens (tertiary/aromatic N) is 2. The Kier molecular flexibility index (Phi) is 5.58. The first kappa shape index (κ1) is 15.6. The van der Waals surface area contributed by atoms with Gasteiger partial charge in [0.05, 0.1) is 0 Å². The van der Waals surface area contributed by atoms with Crippen LogP contribution in [0.3, 0.4) is 0 Å². The summed E-state index contributed by atoms with van der Waals surface area (Å²) in [7, 11) is 2.33. The smallest absolute Gasteiger partial charge is 0.0447 e. The van der Waals surface area contributed by atoms with Gasteiger partial charge in [0.15, 0.2) is 0 Å². The molecule has 2 fully saturated rings. The minimum absolute atomic E-state index is 0.238. The fraction of sp³-hybridized carbons (Fsp3) is 1.00. The molecule has 2 N–H and O–H groups in total. The number of rotatable bonds is 4. The Balaban J connectivity index is 2.02. The molecule has 0 saturated carbocycles. The second kappa shape index (κ2) is 6.79. The molecule has 0 radical (unpaired) electrons. The number of hydrogen-bond donors (Lipinski definition) is 1. The third kappa shape index (κ3) is 3.12. The summed E-state index contributed by atoms with van der Waals surface area (Å²) in [4.78, 5) is 5.23. The predicted octanol–water partition coefficient (Wildman–Crippen LogP) is 2.02. The lowest BCUT2D eigenvalue weighted by Gasteiger charge is -2.52. The summed E-state index contributed by atoms with van der Waals surface area (Å²) in [6, 6.07) is 0.729. The molecule has 0 aromatic heterocycles. The van der Waals surface area contributed by atoms with Crippen LogP contribution in [0.4, 0.5) is 0 Å². The summed E-state index contributed by atoms with van der Waals surface area (Å²) in [6.45, 7) is 9.18. The first-order chi connectivity index (χ1) is 9.14. The molecule has 2 aliphatic heterocycles. The first-order valence-electron chi connectivity index (χ1n) is 7.91. The van der Waals surface area contributed by atoms with Crippen molar-refractivity contribution < 1.29 is 0 Å². The Morgan fingerprint density at radius 3 is 2.58 bits per heavy atom. The van der Waals surface area contributed by atoms with E-state index in [1.807, 2.05) is 0 Å². The highest BCUT2D eigenvalue weighted by Crippen LogP contribution is 2.39. The van der Waals surface area contributed by atoms with Crippen LogP contribution in [0, 0.1) is 0 Å². The Morgan fingerprint density at radius 2 is 2.05 bits per heavy atom. The molecule has 0 bridgehead atoms. The van der Waals surface area contributed by atoms with Crippen molar-refractivity contribution in [1.82, 2.24) is 9.80 Å². The lowest BCUT2D eigenvalue weighted by atomic mass is 9.85. The molecule has 3 nitrogen and oxygen atoms in total. The van der Waals surface area contributed by atoms with Crippen LogP contribution >= 0.6 is 11.8 Å². The predicted molar refractivity (Wildman–Crippen MR) is 85.8 cm³/mol. The van der Waals surface area contributed by atoms with Crippen molar-refractivity contribution >= 4 is 11.8 Å². The van der Waals surface area contributed by atoms with Crippen LogP contribution in [-0.2, 0) is 0 Å². The highest BCUT2D eigenvalue weighted by Gasteiger charge is 2.43. The Labute approximate surface area is 123 Å². The van der Waals surface area contributed by atoms with E-state index in [9.17, 15) is 0 Å². The van der Waals surface area contributed by atoms with Crippen molar-refractivity contribution in [2.45, 2.75) is 56.4 Å². The zero-order valence-corrected chi connectivity index (χ0v) is 13.7. The fourth-order valence-corrected chi connectivity index (χ4v) is 5.21. The van der Waals surface area contributed by atoms with Gasteiger partial charge in [-0.2, -0.15) is 11.8 Å². The topological polar surface area (TPSA) is 32.5 Å². The van der Waals surface area contributed by atoms with Gasteiger partial charge in [-0.3, -0.25) is 4.90 Å². The molecule has 0 aromatic carbocycles. The summed E-state index contributed by atoms with van der Waals surface area (Å²) in [5.74, 6) is 1.31. The molecule has 112 valence electrons. The average Bonchev–Trinajstić information content (AvgIpc) is 2.47. The minimum atomic E-state index is 0.238. The highest BCUT2D eigenvalue weighted by atomic mass is 32.2. The third-order valence-corrected chi connectivity index (χ3v) is 6.95. The summed E-state index contributed by atoms with van der Waals surface area (Å²) in [6.07, 6.45) is 5.22. The van der Waals surface area contributed by atoms with Crippen LogP contribution in [0.15, 0.2) is 0 Å². The van der Waals surface area contributed by atoms with Crippen LogP contribution in [0.1, 0.15) is 39.5 Å². The largest absolute Gasteiger partial charge is 0.329 e. The molecular weight excluding hydrogens is 254 g/mol. The zero-order valence-electron chi connectivity index (χ0n) is 12.9.